The van der Waals surface area contributed by atoms with Gasteiger partial charge in [0.2, 0.25) is 0 Å². The SMILES string of the molecule is Cc1cccc2c1[nH]c(=S)n2C1CCCC(C)CC1. The van der Waals surface area contributed by atoms with Crippen molar-refractivity contribution in [1.29, 1.82) is 0 Å². The van der Waals surface area contributed by atoms with E-state index in [0.717, 1.165) is 10.7 Å². The summed E-state index contributed by atoms with van der Waals surface area (Å²) in [6, 6.07) is 7.06. The number of para-hydroxylation sites is 1. The minimum Gasteiger partial charge on any atom is -0.330 e. The van der Waals surface area contributed by atoms with Crippen LogP contribution in [0.3, 0.4) is 0 Å². The second kappa shape index (κ2) is 5.12. The third kappa shape index (κ3) is 2.36. The van der Waals surface area contributed by atoms with E-state index in [2.05, 4.69) is 41.6 Å². The zero-order valence-corrected chi connectivity index (χ0v) is 12.6. The Labute approximate surface area is 119 Å². The Kier molecular flexibility index (Phi) is 3.48. The Hall–Kier alpha value is -1.09. The second-order valence-corrected chi connectivity index (χ2v) is 6.42. The highest BCUT2D eigenvalue weighted by Crippen LogP contribution is 2.33. The molecule has 1 N–H and O–H groups in total. The van der Waals surface area contributed by atoms with Gasteiger partial charge in [-0.3, -0.25) is 0 Å². The fourth-order valence-electron chi connectivity index (χ4n) is 3.38. The number of aromatic nitrogens is 2. The van der Waals surface area contributed by atoms with Crippen molar-refractivity contribution in [3.63, 3.8) is 0 Å². The molecule has 19 heavy (non-hydrogen) atoms. The number of rotatable bonds is 1. The van der Waals surface area contributed by atoms with Gasteiger partial charge in [-0.25, -0.2) is 0 Å². The van der Waals surface area contributed by atoms with Gasteiger partial charge in [0.15, 0.2) is 4.77 Å². The first-order valence-corrected chi connectivity index (χ1v) is 7.77. The number of nitrogens with one attached hydrogen (secondary N) is 1. The van der Waals surface area contributed by atoms with Crippen LogP contribution < -0.4 is 0 Å². The standard InChI is InChI=1S/C16H22N2S/c1-11-5-3-7-13(10-9-11)18-14-8-4-6-12(2)15(14)17-16(18)19/h4,6,8,11,13H,3,5,7,9-10H2,1-2H3,(H,17,19). The maximum Gasteiger partial charge on any atom is 0.178 e. The summed E-state index contributed by atoms with van der Waals surface area (Å²) < 4.78 is 3.26. The van der Waals surface area contributed by atoms with Crippen molar-refractivity contribution in [2.24, 2.45) is 5.92 Å². The van der Waals surface area contributed by atoms with Gasteiger partial charge < -0.3 is 9.55 Å². The highest BCUT2D eigenvalue weighted by Gasteiger charge is 2.20. The van der Waals surface area contributed by atoms with E-state index >= 15 is 0 Å². The van der Waals surface area contributed by atoms with Gasteiger partial charge in [-0.15, -0.1) is 0 Å². The van der Waals surface area contributed by atoms with E-state index < -0.39 is 0 Å². The average Bonchev–Trinajstić information content (AvgIpc) is 2.57. The lowest BCUT2D eigenvalue weighted by atomic mass is 10.0. The second-order valence-electron chi connectivity index (χ2n) is 6.04. The number of aromatic amines is 1. The largest absolute Gasteiger partial charge is 0.330 e. The molecule has 1 aromatic carbocycles. The third-order valence-corrected chi connectivity index (χ3v) is 4.85. The van der Waals surface area contributed by atoms with Gasteiger partial charge in [-0.1, -0.05) is 31.9 Å². The van der Waals surface area contributed by atoms with Gasteiger partial charge in [0.05, 0.1) is 11.0 Å². The van der Waals surface area contributed by atoms with Gasteiger partial charge >= 0.3 is 0 Å². The van der Waals surface area contributed by atoms with Crippen LogP contribution in [0.25, 0.3) is 11.0 Å². The van der Waals surface area contributed by atoms with Crippen molar-refractivity contribution >= 4 is 23.3 Å². The van der Waals surface area contributed by atoms with Crippen molar-refractivity contribution in [1.82, 2.24) is 9.55 Å². The predicted octanol–water partition coefficient (Wildman–Crippen LogP) is 5.15. The maximum atomic E-state index is 5.57. The molecular weight excluding hydrogens is 252 g/mol. The minimum atomic E-state index is 0.577. The van der Waals surface area contributed by atoms with Crippen molar-refractivity contribution < 1.29 is 0 Å². The topological polar surface area (TPSA) is 20.7 Å². The molecule has 1 aromatic heterocycles. The molecule has 1 saturated carbocycles. The molecule has 0 saturated heterocycles. The van der Waals surface area contributed by atoms with Crippen LogP contribution in [-0.2, 0) is 0 Å². The molecule has 2 nitrogen and oxygen atoms in total. The summed E-state index contributed by atoms with van der Waals surface area (Å²) in [5.74, 6) is 0.867. The number of hydrogen-bond acceptors (Lipinski definition) is 1. The number of imidazole rings is 1. The first kappa shape index (κ1) is 12.9. The molecule has 0 aliphatic heterocycles. The number of H-pyrrole nitrogens is 1. The molecule has 3 rings (SSSR count). The lowest BCUT2D eigenvalue weighted by Gasteiger charge is -2.17. The van der Waals surface area contributed by atoms with Gasteiger partial charge in [0.25, 0.3) is 0 Å². The van der Waals surface area contributed by atoms with Crippen LogP contribution in [0.15, 0.2) is 18.2 Å². The van der Waals surface area contributed by atoms with E-state index in [0.29, 0.717) is 6.04 Å². The van der Waals surface area contributed by atoms with Crippen molar-refractivity contribution in [3.05, 3.63) is 28.5 Å². The van der Waals surface area contributed by atoms with E-state index in [9.17, 15) is 0 Å². The first-order chi connectivity index (χ1) is 9.16. The first-order valence-electron chi connectivity index (χ1n) is 7.36. The number of fused-ring (bicyclic) bond motifs is 1. The maximum absolute atomic E-state index is 5.57. The van der Waals surface area contributed by atoms with E-state index in [1.54, 1.807) is 0 Å². The molecule has 3 heteroatoms. The number of aryl methyl sites for hydroxylation is 1. The molecule has 102 valence electrons. The molecule has 2 atom stereocenters. The van der Waals surface area contributed by atoms with Crippen LogP contribution in [0.1, 0.15) is 50.6 Å². The minimum absolute atomic E-state index is 0.577. The Bertz CT molecular complexity index is 638. The van der Waals surface area contributed by atoms with E-state index in [1.165, 1.54) is 48.7 Å². The Morgan fingerprint density at radius 2 is 2.05 bits per heavy atom. The van der Waals surface area contributed by atoms with E-state index in [1.807, 2.05) is 0 Å². The van der Waals surface area contributed by atoms with E-state index in [4.69, 9.17) is 12.2 Å². The van der Waals surface area contributed by atoms with Crippen LogP contribution >= 0.6 is 12.2 Å². The normalized spacial score (nSPS) is 24.5. The predicted molar refractivity (Wildman–Crippen MR) is 83.1 cm³/mol. The summed E-state index contributed by atoms with van der Waals surface area (Å²) in [6.07, 6.45) is 6.54. The average molecular weight is 274 g/mol. The number of nitrogens with zero attached hydrogens (tertiary/aromatic N) is 1. The molecule has 1 aliphatic rings. The highest BCUT2D eigenvalue weighted by molar-refractivity contribution is 7.71. The summed E-state index contributed by atoms with van der Waals surface area (Å²) in [5, 5.41) is 0. The Morgan fingerprint density at radius 1 is 1.21 bits per heavy atom. The molecule has 1 fully saturated rings. The Balaban J connectivity index is 2.07. The molecule has 0 amide bonds. The smallest absolute Gasteiger partial charge is 0.178 e. The van der Waals surface area contributed by atoms with Crippen LogP contribution in [-0.4, -0.2) is 9.55 Å². The number of benzene rings is 1. The fourth-order valence-corrected chi connectivity index (χ4v) is 3.73. The van der Waals surface area contributed by atoms with Gasteiger partial charge in [-0.05, 0) is 56.0 Å². The quantitative estimate of drug-likeness (QED) is 0.563. The molecule has 2 unspecified atom stereocenters. The molecule has 0 bridgehead atoms. The van der Waals surface area contributed by atoms with Crippen LogP contribution in [0.4, 0.5) is 0 Å². The summed E-state index contributed by atoms with van der Waals surface area (Å²) in [7, 11) is 0. The Morgan fingerprint density at radius 3 is 2.89 bits per heavy atom. The monoisotopic (exact) mass is 274 g/mol. The third-order valence-electron chi connectivity index (χ3n) is 4.55. The molecule has 0 spiro atoms. The molecule has 0 radical (unpaired) electrons. The summed E-state index contributed by atoms with van der Waals surface area (Å²) in [5.41, 5.74) is 3.78. The van der Waals surface area contributed by atoms with Gasteiger partial charge in [-0.2, -0.15) is 0 Å². The van der Waals surface area contributed by atoms with Crippen molar-refractivity contribution in [2.75, 3.05) is 0 Å². The lowest BCUT2D eigenvalue weighted by molar-refractivity contribution is 0.438. The number of hydrogen-bond donors (Lipinski definition) is 1. The molecule has 1 aliphatic carbocycles. The summed E-state index contributed by atoms with van der Waals surface area (Å²) in [4.78, 5) is 3.40. The summed E-state index contributed by atoms with van der Waals surface area (Å²) >= 11 is 5.57. The molecule has 2 aromatic rings. The molecule has 1 heterocycles. The van der Waals surface area contributed by atoms with Crippen LogP contribution in [0, 0.1) is 17.6 Å². The zero-order chi connectivity index (χ0) is 13.4. The van der Waals surface area contributed by atoms with Crippen molar-refractivity contribution in [2.45, 2.75) is 52.0 Å². The zero-order valence-electron chi connectivity index (χ0n) is 11.8. The van der Waals surface area contributed by atoms with Crippen LogP contribution in [0.2, 0.25) is 0 Å². The fraction of sp³-hybridized carbons (Fsp3) is 0.562. The lowest BCUT2D eigenvalue weighted by Crippen LogP contribution is -2.08. The van der Waals surface area contributed by atoms with Gasteiger partial charge in [0, 0.05) is 6.04 Å². The van der Waals surface area contributed by atoms with Crippen LogP contribution in [0.5, 0.6) is 0 Å². The summed E-state index contributed by atoms with van der Waals surface area (Å²) in [6.45, 7) is 4.52. The van der Waals surface area contributed by atoms with Crippen molar-refractivity contribution in [3.8, 4) is 0 Å². The van der Waals surface area contributed by atoms with Gasteiger partial charge in [0.1, 0.15) is 0 Å². The highest BCUT2D eigenvalue weighted by atomic mass is 32.1. The van der Waals surface area contributed by atoms with E-state index in [-0.39, 0.29) is 0 Å². The molecular formula is C16H22N2S.